The van der Waals surface area contributed by atoms with E-state index in [1.165, 1.54) is 12.1 Å². The Morgan fingerprint density at radius 1 is 1.24 bits per heavy atom. The Labute approximate surface area is 98.8 Å². The second-order valence-electron chi connectivity index (χ2n) is 4.61. The van der Waals surface area contributed by atoms with Gasteiger partial charge in [0.15, 0.2) is 0 Å². The second-order valence-corrected chi connectivity index (χ2v) is 4.61. The molecule has 0 aliphatic heterocycles. The van der Waals surface area contributed by atoms with E-state index in [1.54, 1.807) is 12.1 Å². The molecule has 0 heterocycles. The topological polar surface area (TPSA) is 26.0 Å². The fraction of sp³-hybridized carbons (Fsp3) is 0.538. The zero-order valence-electron chi connectivity index (χ0n) is 9.50. The normalized spacial score (nSPS) is 18.1. The van der Waals surface area contributed by atoms with Crippen molar-refractivity contribution in [2.75, 3.05) is 6.54 Å². The van der Waals surface area contributed by atoms with Gasteiger partial charge in [-0.15, -0.1) is 0 Å². The molecule has 1 aliphatic carbocycles. The molecule has 0 spiro atoms. The van der Waals surface area contributed by atoms with E-state index >= 15 is 0 Å². The predicted molar refractivity (Wildman–Crippen MR) is 60.6 cm³/mol. The number of nitrogens with two attached hydrogens (primary N) is 1. The first-order chi connectivity index (χ1) is 8.04. The highest BCUT2D eigenvalue weighted by Crippen LogP contribution is 2.47. The van der Waals surface area contributed by atoms with Gasteiger partial charge in [0.2, 0.25) is 0 Å². The third kappa shape index (κ3) is 2.80. The SMILES string of the molecule is NCCC(c1ccccc1C(F)(F)F)C1CC1. The van der Waals surface area contributed by atoms with Crippen molar-refractivity contribution in [3.8, 4) is 0 Å². The summed E-state index contributed by atoms with van der Waals surface area (Å²) in [4.78, 5) is 0. The average molecular weight is 243 g/mol. The molecule has 94 valence electrons. The van der Waals surface area contributed by atoms with Crippen LogP contribution in [0.2, 0.25) is 0 Å². The predicted octanol–water partition coefficient (Wildman–Crippen LogP) is 3.55. The van der Waals surface area contributed by atoms with Crippen LogP contribution in [0.15, 0.2) is 24.3 Å². The number of hydrogen-bond acceptors (Lipinski definition) is 1. The maximum absolute atomic E-state index is 12.9. The minimum absolute atomic E-state index is 0.0298. The summed E-state index contributed by atoms with van der Waals surface area (Å²) in [5, 5.41) is 0. The third-order valence-corrected chi connectivity index (χ3v) is 3.33. The first-order valence-corrected chi connectivity index (χ1v) is 5.90. The van der Waals surface area contributed by atoms with E-state index in [1.807, 2.05) is 0 Å². The summed E-state index contributed by atoms with van der Waals surface area (Å²) in [6.45, 7) is 0.438. The molecule has 1 aromatic rings. The highest BCUT2D eigenvalue weighted by Gasteiger charge is 2.39. The Balaban J connectivity index is 2.35. The van der Waals surface area contributed by atoms with Gasteiger partial charge in [-0.1, -0.05) is 18.2 Å². The van der Waals surface area contributed by atoms with Gasteiger partial charge in [-0.25, -0.2) is 0 Å². The monoisotopic (exact) mass is 243 g/mol. The minimum atomic E-state index is -4.27. The lowest BCUT2D eigenvalue weighted by molar-refractivity contribution is -0.138. The lowest BCUT2D eigenvalue weighted by Gasteiger charge is -2.21. The number of alkyl halides is 3. The molecule has 1 aliphatic rings. The van der Waals surface area contributed by atoms with Crippen LogP contribution in [0, 0.1) is 5.92 Å². The van der Waals surface area contributed by atoms with Crippen LogP contribution in [0.25, 0.3) is 0 Å². The van der Waals surface area contributed by atoms with Crippen molar-refractivity contribution in [3.63, 3.8) is 0 Å². The van der Waals surface area contributed by atoms with Gasteiger partial charge in [0, 0.05) is 0 Å². The molecule has 2 N–H and O–H groups in total. The molecular weight excluding hydrogens is 227 g/mol. The van der Waals surface area contributed by atoms with Crippen molar-refractivity contribution in [1.82, 2.24) is 0 Å². The Morgan fingerprint density at radius 2 is 1.88 bits per heavy atom. The summed E-state index contributed by atoms with van der Waals surface area (Å²) < 4.78 is 38.7. The molecule has 2 rings (SSSR count). The smallest absolute Gasteiger partial charge is 0.330 e. The Hall–Kier alpha value is -1.03. The number of halogens is 3. The molecule has 0 amide bonds. The molecule has 1 atom stereocenters. The van der Waals surface area contributed by atoms with Crippen LogP contribution in [-0.2, 0) is 6.18 Å². The van der Waals surface area contributed by atoms with Crippen LogP contribution in [0.1, 0.15) is 36.3 Å². The molecule has 4 heteroatoms. The molecule has 0 bridgehead atoms. The van der Waals surface area contributed by atoms with Gasteiger partial charge < -0.3 is 5.73 Å². The van der Waals surface area contributed by atoms with Gasteiger partial charge in [0.05, 0.1) is 5.56 Å². The van der Waals surface area contributed by atoms with E-state index in [4.69, 9.17) is 5.73 Å². The second kappa shape index (κ2) is 4.69. The molecule has 1 unspecified atom stereocenters. The van der Waals surface area contributed by atoms with Crippen molar-refractivity contribution >= 4 is 0 Å². The van der Waals surface area contributed by atoms with E-state index in [9.17, 15) is 13.2 Å². The molecule has 17 heavy (non-hydrogen) atoms. The van der Waals surface area contributed by atoms with E-state index < -0.39 is 11.7 Å². The number of hydrogen-bond donors (Lipinski definition) is 1. The Kier molecular flexibility index (Phi) is 3.43. The molecule has 0 radical (unpaired) electrons. The van der Waals surface area contributed by atoms with Gasteiger partial charge in [-0.2, -0.15) is 13.2 Å². The fourth-order valence-corrected chi connectivity index (χ4v) is 2.40. The first kappa shape index (κ1) is 12.4. The molecular formula is C13H16F3N. The molecule has 1 nitrogen and oxygen atoms in total. The zero-order chi connectivity index (χ0) is 12.5. The van der Waals surface area contributed by atoms with Crippen LogP contribution in [0.4, 0.5) is 13.2 Å². The van der Waals surface area contributed by atoms with Crippen molar-refractivity contribution in [3.05, 3.63) is 35.4 Å². The average Bonchev–Trinajstić information content (AvgIpc) is 3.08. The van der Waals surface area contributed by atoms with Gasteiger partial charge >= 0.3 is 6.18 Å². The van der Waals surface area contributed by atoms with Crippen molar-refractivity contribution in [2.24, 2.45) is 11.7 Å². The fourth-order valence-electron chi connectivity index (χ4n) is 2.40. The van der Waals surface area contributed by atoms with Gasteiger partial charge in [-0.05, 0) is 49.3 Å². The number of rotatable bonds is 4. The third-order valence-electron chi connectivity index (χ3n) is 3.33. The van der Waals surface area contributed by atoms with Crippen LogP contribution in [0.5, 0.6) is 0 Å². The van der Waals surface area contributed by atoms with Crippen LogP contribution < -0.4 is 5.73 Å². The maximum atomic E-state index is 12.9. The Morgan fingerprint density at radius 3 is 2.41 bits per heavy atom. The summed E-state index contributed by atoms with van der Waals surface area (Å²) in [5.41, 5.74) is 5.44. The van der Waals surface area contributed by atoms with Gasteiger partial charge in [-0.3, -0.25) is 0 Å². The lowest BCUT2D eigenvalue weighted by atomic mass is 9.87. The largest absolute Gasteiger partial charge is 0.416 e. The van der Waals surface area contributed by atoms with E-state index in [0.717, 1.165) is 12.8 Å². The van der Waals surface area contributed by atoms with Crippen molar-refractivity contribution < 1.29 is 13.2 Å². The molecule has 1 saturated carbocycles. The molecule has 0 aromatic heterocycles. The molecule has 1 aromatic carbocycles. The van der Waals surface area contributed by atoms with E-state index in [2.05, 4.69) is 0 Å². The quantitative estimate of drug-likeness (QED) is 0.859. The number of benzene rings is 1. The van der Waals surface area contributed by atoms with Gasteiger partial charge in [0.25, 0.3) is 0 Å². The van der Waals surface area contributed by atoms with Crippen molar-refractivity contribution in [2.45, 2.75) is 31.4 Å². The van der Waals surface area contributed by atoms with Gasteiger partial charge in [0.1, 0.15) is 0 Å². The van der Waals surface area contributed by atoms with Crippen molar-refractivity contribution in [1.29, 1.82) is 0 Å². The van der Waals surface area contributed by atoms with Crippen LogP contribution >= 0.6 is 0 Å². The Bertz CT molecular complexity index is 382. The van der Waals surface area contributed by atoms with Crippen LogP contribution in [-0.4, -0.2) is 6.54 Å². The summed E-state index contributed by atoms with van der Waals surface area (Å²) in [6, 6.07) is 5.89. The highest BCUT2D eigenvalue weighted by molar-refractivity contribution is 5.34. The lowest BCUT2D eigenvalue weighted by Crippen LogP contribution is -2.15. The highest BCUT2D eigenvalue weighted by atomic mass is 19.4. The standard InChI is InChI=1S/C13H16F3N/c14-13(15,16)12-4-2-1-3-11(12)10(7-8-17)9-5-6-9/h1-4,9-10H,5-8,17H2. The summed E-state index contributed by atoms with van der Waals surface area (Å²) in [5.74, 6) is 0.361. The minimum Gasteiger partial charge on any atom is -0.330 e. The summed E-state index contributed by atoms with van der Waals surface area (Å²) >= 11 is 0. The van der Waals surface area contributed by atoms with E-state index in [0.29, 0.717) is 24.4 Å². The summed E-state index contributed by atoms with van der Waals surface area (Å²) in [7, 11) is 0. The molecule has 1 fully saturated rings. The first-order valence-electron chi connectivity index (χ1n) is 5.90. The summed E-state index contributed by atoms with van der Waals surface area (Å²) in [6.07, 6.45) is -1.58. The molecule has 0 saturated heterocycles. The van der Waals surface area contributed by atoms with Crippen LogP contribution in [0.3, 0.4) is 0 Å². The zero-order valence-corrected chi connectivity index (χ0v) is 9.50. The van der Waals surface area contributed by atoms with E-state index in [-0.39, 0.29) is 5.92 Å². The maximum Gasteiger partial charge on any atom is 0.416 e.